The molecule has 0 saturated carbocycles. The second-order valence-corrected chi connectivity index (χ2v) is 8.15. The van der Waals surface area contributed by atoms with Gasteiger partial charge in [0.1, 0.15) is 5.82 Å². The standard InChI is InChI=1S/C19H22ClN3OS/c1-13-9-14(2)11-23(10-13)18-7-8-21-19(22-18)25-12-17(24)15-3-5-16(20)6-4-15/h3-8,13-14H,9-12H2,1-2H3. The molecule has 0 aliphatic carbocycles. The predicted octanol–water partition coefficient (Wildman–Crippen LogP) is 4.59. The Hall–Kier alpha value is -1.59. The first-order chi connectivity index (χ1) is 12.0. The number of rotatable bonds is 5. The van der Waals surface area contributed by atoms with Gasteiger partial charge in [-0.1, -0.05) is 37.2 Å². The summed E-state index contributed by atoms with van der Waals surface area (Å²) in [5, 5.41) is 1.27. The summed E-state index contributed by atoms with van der Waals surface area (Å²) in [7, 11) is 0. The van der Waals surface area contributed by atoms with Gasteiger partial charge >= 0.3 is 0 Å². The van der Waals surface area contributed by atoms with Crippen LogP contribution in [0.2, 0.25) is 5.02 Å². The largest absolute Gasteiger partial charge is 0.356 e. The first-order valence-electron chi connectivity index (χ1n) is 8.51. The third kappa shape index (κ3) is 4.95. The fraction of sp³-hybridized carbons (Fsp3) is 0.421. The monoisotopic (exact) mass is 375 g/mol. The van der Waals surface area contributed by atoms with E-state index < -0.39 is 0 Å². The lowest BCUT2D eigenvalue weighted by Gasteiger charge is -2.35. The summed E-state index contributed by atoms with van der Waals surface area (Å²) in [4.78, 5) is 23.6. The molecule has 2 unspecified atom stereocenters. The minimum Gasteiger partial charge on any atom is -0.356 e. The van der Waals surface area contributed by atoms with Crippen LogP contribution >= 0.6 is 23.4 Å². The molecule has 1 aliphatic rings. The number of hydrogen-bond donors (Lipinski definition) is 0. The molecule has 1 saturated heterocycles. The molecule has 1 aromatic carbocycles. The minimum absolute atomic E-state index is 0.0517. The topological polar surface area (TPSA) is 46.1 Å². The number of nitrogens with zero attached hydrogens (tertiary/aromatic N) is 3. The fourth-order valence-corrected chi connectivity index (χ4v) is 4.12. The molecule has 6 heteroatoms. The number of thioether (sulfide) groups is 1. The van der Waals surface area contributed by atoms with E-state index in [9.17, 15) is 4.79 Å². The molecular formula is C19H22ClN3OS. The number of Topliss-reactive ketones (excluding diaryl/α,β-unsaturated/α-hetero) is 1. The summed E-state index contributed by atoms with van der Waals surface area (Å²) in [6, 6.07) is 8.92. The Kier molecular flexibility index (Phi) is 5.97. The van der Waals surface area contributed by atoms with Crippen molar-refractivity contribution in [2.45, 2.75) is 25.4 Å². The molecule has 4 nitrogen and oxygen atoms in total. The molecule has 0 N–H and O–H groups in total. The van der Waals surface area contributed by atoms with Gasteiger partial charge in [0.15, 0.2) is 10.9 Å². The van der Waals surface area contributed by atoms with Crippen LogP contribution in [0.5, 0.6) is 0 Å². The number of hydrogen-bond acceptors (Lipinski definition) is 5. The lowest BCUT2D eigenvalue weighted by molar-refractivity contribution is 0.102. The zero-order valence-electron chi connectivity index (χ0n) is 14.5. The average Bonchev–Trinajstić information content (AvgIpc) is 2.60. The number of carbonyl (C=O) groups is 1. The number of benzene rings is 1. The van der Waals surface area contributed by atoms with Crippen LogP contribution in [0.3, 0.4) is 0 Å². The van der Waals surface area contributed by atoms with Crippen molar-refractivity contribution in [2.75, 3.05) is 23.7 Å². The normalized spacial score (nSPS) is 20.5. The van der Waals surface area contributed by atoms with Crippen LogP contribution in [-0.4, -0.2) is 34.6 Å². The van der Waals surface area contributed by atoms with Crippen molar-refractivity contribution in [3.05, 3.63) is 47.1 Å². The zero-order valence-corrected chi connectivity index (χ0v) is 16.1. The van der Waals surface area contributed by atoms with Crippen LogP contribution < -0.4 is 4.90 Å². The average molecular weight is 376 g/mol. The van der Waals surface area contributed by atoms with Gasteiger partial charge in [-0.25, -0.2) is 9.97 Å². The van der Waals surface area contributed by atoms with E-state index >= 15 is 0 Å². The molecule has 3 rings (SSSR count). The number of piperidine rings is 1. The Bertz CT molecular complexity index is 728. The van der Waals surface area contributed by atoms with Crippen LogP contribution in [0.15, 0.2) is 41.7 Å². The van der Waals surface area contributed by atoms with Gasteiger partial charge in [-0.2, -0.15) is 0 Å². The highest BCUT2D eigenvalue weighted by molar-refractivity contribution is 7.99. The van der Waals surface area contributed by atoms with E-state index in [1.165, 1.54) is 18.2 Å². The number of ketones is 1. The molecule has 132 valence electrons. The maximum absolute atomic E-state index is 12.3. The molecule has 2 atom stereocenters. The summed E-state index contributed by atoms with van der Waals surface area (Å²) >= 11 is 7.24. The van der Waals surface area contributed by atoms with Crippen LogP contribution in [0.4, 0.5) is 5.82 Å². The van der Waals surface area contributed by atoms with Gasteiger partial charge in [-0.15, -0.1) is 0 Å². The molecule has 1 aromatic heterocycles. The summed E-state index contributed by atoms with van der Waals surface area (Å²) in [6.07, 6.45) is 3.04. The second-order valence-electron chi connectivity index (χ2n) is 6.77. The Morgan fingerprint density at radius 2 is 1.88 bits per heavy atom. The van der Waals surface area contributed by atoms with Gasteiger partial charge in [0, 0.05) is 29.9 Å². The molecule has 2 heterocycles. The van der Waals surface area contributed by atoms with Crippen molar-refractivity contribution in [1.29, 1.82) is 0 Å². The van der Waals surface area contributed by atoms with Gasteiger partial charge in [0.25, 0.3) is 0 Å². The van der Waals surface area contributed by atoms with Gasteiger partial charge in [0.05, 0.1) is 5.75 Å². The van der Waals surface area contributed by atoms with Crippen LogP contribution in [0.1, 0.15) is 30.6 Å². The summed E-state index contributed by atoms with van der Waals surface area (Å²) < 4.78 is 0. The van der Waals surface area contributed by atoms with E-state index in [0.29, 0.717) is 33.3 Å². The highest BCUT2D eigenvalue weighted by Crippen LogP contribution is 2.26. The van der Waals surface area contributed by atoms with Crippen molar-refractivity contribution in [1.82, 2.24) is 9.97 Å². The van der Waals surface area contributed by atoms with Crippen LogP contribution in [0, 0.1) is 11.8 Å². The maximum Gasteiger partial charge on any atom is 0.189 e. The first kappa shape index (κ1) is 18.2. The Labute approximate surface area is 158 Å². The van der Waals surface area contributed by atoms with Gasteiger partial charge in [0.2, 0.25) is 0 Å². The van der Waals surface area contributed by atoms with Crippen LogP contribution in [-0.2, 0) is 0 Å². The van der Waals surface area contributed by atoms with Crippen molar-refractivity contribution >= 4 is 35.0 Å². The van der Waals surface area contributed by atoms with E-state index in [0.717, 1.165) is 18.9 Å². The van der Waals surface area contributed by atoms with E-state index in [-0.39, 0.29) is 5.78 Å². The molecule has 2 aromatic rings. The van der Waals surface area contributed by atoms with E-state index in [1.807, 2.05) is 6.07 Å². The van der Waals surface area contributed by atoms with Crippen molar-refractivity contribution in [3.8, 4) is 0 Å². The van der Waals surface area contributed by atoms with Gasteiger partial charge in [-0.05, 0) is 48.6 Å². The first-order valence-corrected chi connectivity index (χ1v) is 9.87. The number of aromatic nitrogens is 2. The summed E-state index contributed by atoms with van der Waals surface area (Å²) in [5.41, 5.74) is 0.659. The van der Waals surface area contributed by atoms with Gasteiger partial charge < -0.3 is 4.90 Å². The Morgan fingerprint density at radius 3 is 2.56 bits per heavy atom. The quantitative estimate of drug-likeness (QED) is 0.434. The van der Waals surface area contributed by atoms with Crippen molar-refractivity contribution in [2.24, 2.45) is 11.8 Å². The van der Waals surface area contributed by atoms with Crippen molar-refractivity contribution in [3.63, 3.8) is 0 Å². The third-order valence-electron chi connectivity index (χ3n) is 4.31. The highest BCUT2D eigenvalue weighted by atomic mass is 35.5. The number of anilines is 1. The fourth-order valence-electron chi connectivity index (χ4n) is 3.28. The predicted molar refractivity (Wildman–Crippen MR) is 104 cm³/mol. The molecule has 0 bridgehead atoms. The molecule has 1 fully saturated rings. The summed E-state index contributed by atoms with van der Waals surface area (Å²) in [6.45, 7) is 6.61. The lowest BCUT2D eigenvalue weighted by atomic mass is 9.92. The van der Waals surface area contributed by atoms with Crippen LogP contribution in [0.25, 0.3) is 0 Å². The second kappa shape index (κ2) is 8.19. The Balaban J connectivity index is 1.63. The maximum atomic E-state index is 12.3. The molecule has 0 radical (unpaired) electrons. The number of carbonyl (C=O) groups excluding carboxylic acids is 1. The van der Waals surface area contributed by atoms with E-state index in [1.54, 1.807) is 30.5 Å². The zero-order chi connectivity index (χ0) is 17.8. The smallest absolute Gasteiger partial charge is 0.189 e. The lowest BCUT2D eigenvalue weighted by Crippen LogP contribution is -2.39. The van der Waals surface area contributed by atoms with E-state index in [2.05, 4.69) is 28.7 Å². The molecule has 1 aliphatic heterocycles. The SMILES string of the molecule is CC1CC(C)CN(c2ccnc(SCC(=O)c3ccc(Cl)cc3)n2)C1. The highest BCUT2D eigenvalue weighted by Gasteiger charge is 2.23. The third-order valence-corrected chi connectivity index (χ3v) is 5.42. The minimum atomic E-state index is 0.0517. The molecule has 0 spiro atoms. The van der Waals surface area contributed by atoms with Gasteiger partial charge in [-0.3, -0.25) is 4.79 Å². The molecular weight excluding hydrogens is 354 g/mol. The molecule has 25 heavy (non-hydrogen) atoms. The Morgan fingerprint density at radius 1 is 1.20 bits per heavy atom. The summed E-state index contributed by atoms with van der Waals surface area (Å²) in [5.74, 6) is 2.66. The van der Waals surface area contributed by atoms with Crippen molar-refractivity contribution < 1.29 is 4.79 Å². The molecule has 0 amide bonds. The van der Waals surface area contributed by atoms with E-state index in [4.69, 9.17) is 11.6 Å². The number of halogens is 1.